The van der Waals surface area contributed by atoms with Crippen molar-refractivity contribution in [2.75, 3.05) is 11.5 Å². The number of carbonyl (C=O) groups excluding carboxylic acids is 2. The Labute approximate surface area is 227 Å². The summed E-state index contributed by atoms with van der Waals surface area (Å²) in [7, 11) is 0. The van der Waals surface area contributed by atoms with Gasteiger partial charge in [0, 0.05) is 16.3 Å². The molecule has 37 heavy (non-hydrogen) atoms. The van der Waals surface area contributed by atoms with Crippen LogP contribution in [0.15, 0.2) is 66.2 Å². The SMILES string of the molecule is CCOc1ccc(Cl)c(/C(O)=C2\C(=O)C(=O)N(c3cc(Cl)ccc3C)C2c2ccc(C(C)(C)C)cc2)c1. The van der Waals surface area contributed by atoms with Crippen molar-refractivity contribution in [3.8, 4) is 5.75 Å². The number of aryl methyl sites for hydroxylation is 1. The van der Waals surface area contributed by atoms with Crippen molar-refractivity contribution in [1.82, 2.24) is 0 Å². The molecule has 0 saturated carbocycles. The first kappa shape index (κ1) is 26.8. The number of anilines is 1. The first-order valence-corrected chi connectivity index (χ1v) is 12.8. The van der Waals surface area contributed by atoms with Gasteiger partial charge in [0.05, 0.1) is 23.2 Å². The number of ether oxygens (including phenoxy) is 1. The normalized spacial score (nSPS) is 17.4. The van der Waals surface area contributed by atoms with Crippen LogP contribution < -0.4 is 9.64 Å². The molecule has 5 nitrogen and oxygen atoms in total. The molecule has 1 amide bonds. The second kappa shape index (κ2) is 10.2. The molecule has 1 fully saturated rings. The number of aliphatic hydroxyl groups is 1. The Morgan fingerprint density at radius 2 is 1.68 bits per heavy atom. The van der Waals surface area contributed by atoms with Gasteiger partial charge in [-0.05, 0) is 66.3 Å². The molecule has 3 aromatic rings. The van der Waals surface area contributed by atoms with Crippen molar-refractivity contribution < 1.29 is 19.4 Å². The number of aliphatic hydroxyl groups excluding tert-OH is 1. The van der Waals surface area contributed by atoms with Crippen LogP contribution in [0.1, 0.15) is 56.0 Å². The van der Waals surface area contributed by atoms with E-state index >= 15 is 0 Å². The molecule has 1 saturated heterocycles. The summed E-state index contributed by atoms with van der Waals surface area (Å²) in [4.78, 5) is 28.4. The fraction of sp³-hybridized carbons (Fsp3) is 0.267. The van der Waals surface area contributed by atoms with Crippen molar-refractivity contribution in [2.24, 2.45) is 0 Å². The van der Waals surface area contributed by atoms with Gasteiger partial charge in [-0.2, -0.15) is 0 Å². The van der Waals surface area contributed by atoms with E-state index in [0.717, 1.165) is 11.1 Å². The zero-order valence-corrected chi connectivity index (χ0v) is 22.9. The summed E-state index contributed by atoms with van der Waals surface area (Å²) in [6, 6.07) is 16.8. The van der Waals surface area contributed by atoms with Crippen LogP contribution in [0.2, 0.25) is 10.0 Å². The predicted octanol–water partition coefficient (Wildman–Crippen LogP) is 7.62. The third-order valence-corrected chi connectivity index (χ3v) is 7.04. The Morgan fingerprint density at radius 1 is 1.00 bits per heavy atom. The van der Waals surface area contributed by atoms with Gasteiger partial charge in [-0.25, -0.2) is 0 Å². The van der Waals surface area contributed by atoms with E-state index in [2.05, 4.69) is 20.8 Å². The molecule has 192 valence electrons. The summed E-state index contributed by atoms with van der Waals surface area (Å²) < 4.78 is 5.57. The molecule has 7 heteroatoms. The van der Waals surface area contributed by atoms with E-state index in [-0.39, 0.29) is 27.3 Å². The Hall–Kier alpha value is -3.28. The Bertz CT molecular complexity index is 1400. The number of hydrogen-bond donors (Lipinski definition) is 1. The Morgan fingerprint density at radius 3 is 2.30 bits per heavy atom. The maximum absolute atomic E-state index is 13.5. The number of carbonyl (C=O) groups is 2. The van der Waals surface area contributed by atoms with Gasteiger partial charge in [-0.3, -0.25) is 14.5 Å². The molecule has 0 radical (unpaired) electrons. The summed E-state index contributed by atoms with van der Waals surface area (Å²) in [5, 5.41) is 12.2. The Kier molecular flexibility index (Phi) is 7.40. The summed E-state index contributed by atoms with van der Waals surface area (Å²) in [5.74, 6) is -1.44. The van der Waals surface area contributed by atoms with Crippen LogP contribution >= 0.6 is 23.2 Å². The van der Waals surface area contributed by atoms with E-state index in [0.29, 0.717) is 28.6 Å². The summed E-state index contributed by atoms with van der Waals surface area (Å²) in [6.45, 7) is 10.4. The maximum Gasteiger partial charge on any atom is 0.300 e. The number of Topliss-reactive ketones (excluding diaryl/α,β-unsaturated/α-hetero) is 1. The number of halogens is 2. The monoisotopic (exact) mass is 537 g/mol. The second-order valence-corrected chi connectivity index (χ2v) is 10.9. The fourth-order valence-corrected chi connectivity index (χ4v) is 4.86. The molecule has 1 unspecified atom stereocenters. The summed E-state index contributed by atoms with van der Waals surface area (Å²) in [6.07, 6.45) is 0. The first-order valence-electron chi connectivity index (χ1n) is 12.0. The molecule has 1 heterocycles. The van der Waals surface area contributed by atoms with Crippen LogP contribution in [0.5, 0.6) is 5.75 Å². The Balaban J connectivity index is 1.98. The highest BCUT2D eigenvalue weighted by Crippen LogP contribution is 2.45. The van der Waals surface area contributed by atoms with Crippen molar-refractivity contribution in [1.29, 1.82) is 0 Å². The molecule has 0 aromatic heterocycles. The minimum atomic E-state index is -0.891. The van der Waals surface area contributed by atoms with E-state index in [9.17, 15) is 14.7 Å². The number of hydrogen-bond acceptors (Lipinski definition) is 4. The topological polar surface area (TPSA) is 66.8 Å². The van der Waals surface area contributed by atoms with E-state index < -0.39 is 17.7 Å². The first-order chi connectivity index (χ1) is 17.4. The van der Waals surface area contributed by atoms with Gasteiger partial charge in [0.15, 0.2) is 0 Å². The highest BCUT2D eigenvalue weighted by molar-refractivity contribution is 6.52. The van der Waals surface area contributed by atoms with Gasteiger partial charge >= 0.3 is 0 Å². The molecule has 4 rings (SSSR count). The molecule has 0 spiro atoms. The van der Waals surface area contributed by atoms with Crippen molar-refractivity contribution in [3.63, 3.8) is 0 Å². The van der Waals surface area contributed by atoms with Crippen LogP contribution in [-0.4, -0.2) is 23.4 Å². The largest absolute Gasteiger partial charge is 0.507 e. The summed E-state index contributed by atoms with van der Waals surface area (Å²) in [5.41, 5.74) is 3.10. The van der Waals surface area contributed by atoms with Crippen molar-refractivity contribution in [2.45, 2.75) is 46.1 Å². The minimum absolute atomic E-state index is 0.0524. The van der Waals surface area contributed by atoms with Crippen LogP contribution in [0, 0.1) is 6.92 Å². The average molecular weight is 538 g/mol. The van der Waals surface area contributed by atoms with Gasteiger partial charge in [0.25, 0.3) is 11.7 Å². The van der Waals surface area contributed by atoms with Gasteiger partial charge in [0.2, 0.25) is 0 Å². The van der Waals surface area contributed by atoms with Crippen LogP contribution in [0.25, 0.3) is 5.76 Å². The van der Waals surface area contributed by atoms with E-state index in [1.807, 2.05) is 38.1 Å². The molecular weight excluding hydrogens is 509 g/mol. The summed E-state index contributed by atoms with van der Waals surface area (Å²) >= 11 is 12.7. The molecule has 1 N–H and O–H groups in total. The molecule has 3 aromatic carbocycles. The number of nitrogens with zero attached hydrogens (tertiary/aromatic N) is 1. The zero-order valence-electron chi connectivity index (χ0n) is 21.4. The highest BCUT2D eigenvalue weighted by atomic mass is 35.5. The van der Waals surface area contributed by atoms with Gasteiger partial charge in [-0.15, -0.1) is 0 Å². The molecule has 0 aliphatic carbocycles. The quantitative estimate of drug-likeness (QED) is 0.206. The lowest BCUT2D eigenvalue weighted by Crippen LogP contribution is -2.30. The lowest BCUT2D eigenvalue weighted by Gasteiger charge is -2.28. The lowest BCUT2D eigenvalue weighted by atomic mass is 9.85. The van der Waals surface area contributed by atoms with Gasteiger partial charge in [0.1, 0.15) is 11.5 Å². The molecule has 1 atom stereocenters. The fourth-order valence-electron chi connectivity index (χ4n) is 4.49. The number of rotatable bonds is 5. The van der Waals surface area contributed by atoms with Crippen LogP contribution in [0.3, 0.4) is 0 Å². The van der Waals surface area contributed by atoms with Crippen molar-refractivity contribution in [3.05, 3.63) is 98.5 Å². The number of amides is 1. The van der Waals surface area contributed by atoms with E-state index in [1.54, 1.807) is 36.4 Å². The molecule has 1 aliphatic heterocycles. The third-order valence-electron chi connectivity index (χ3n) is 6.47. The second-order valence-electron chi connectivity index (χ2n) is 10.0. The molecular formula is C30H29Cl2NO4. The number of benzene rings is 3. The number of ketones is 1. The minimum Gasteiger partial charge on any atom is -0.507 e. The third kappa shape index (κ3) is 5.11. The van der Waals surface area contributed by atoms with Gasteiger partial charge < -0.3 is 9.84 Å². The smallest absolute Gasteiger partial charge is 0.300 e. The van der Waals surface area contributed by atoms with E-state index in [4.69, 9.17) is 27.9 Å². The highest BCUT2D eigenvalue weighted by Gasteiger charge is 2.47. The molecule has 0 bridgehead atoms. The van der Waals surface area contributed by atoms with Crippen LogP contribution in [0.4, 0.5) is 5.69 Å². The standard InChI is InChI=1S/C30H29Cl2NO4/c1-6-37-21-13-14-23(32)22(16-21)27(34)25-26(18-8-10-19(11-9-18)30(3,4)5)33(29(36)28(25)35)24-15-20(31)12-7-17(24)2/h7-16,26,34H,6H2,1-5H3/b27-25+. The van der Waals surface area contributed by atoms with Crippen LogP contribution in [-0.2, 0) is 15.0 Å². The average Bonchev–Trinajstić information content (AvgIpc) is 3.11. The predicted molar refractivity (Wildman–Crippen MR) is 149 cm³/mol. The maximum atomic E-state index is 13.5. The lowest BCUT2D eigenvalue weighted by molar-refractivity contribution is -0.132. The van der Waals surface area contributed by atoms with E-state index in [1.165, 1.54) is 4.90 Å². The molecule has 1 aliphatic rings. The van der Waals surface area contributed by atoms with Gasteiger partial charge in [-0.1, -0.05) is 74.3 Å². The van der Waals surface area contributed by atoms with Crippen molar-refractivity contribution >= 4 is 46.3 Å². The zero-order chi connectivity index (χ0) is 27.1.